The van der Waals surface area contributed by atoms with Gasteiger partial charge in [-0.05, 0) is 6.07 Å². The average Bonchev–Trinajstić information content (AvgIpc) is 2.95. The van der Waals surface area contributed by atoms with E-state index in [2.05, 4.69) is 5.16 Å². The summed E-state index contributed by atoms with van der Waals surface area (Å²) in [5.41, 5.74) is 0.470. The molecule has 0 bridgehead atoms. The van der Waals surface area contributed by atoms with E-state index in [1.54, 1.807) is 0 Å². The summed E-state index contributed by atoms with van der Waals surface area (Å²) < 4.78 is 28.2. The number of halogens is 1. The summed E-state index contributed by atoms with van der Waals surface area (Å²) in [5, 5.41) is 12.2. The number of aromatic carboxylic acids is 1. The van der Waals surface area contributed by atoms with E-state index in [9.17, 15) is 9.18 Å². The molecule has 0 aliphatic carbocycles. The molecule has 1 aromatic carbocycles. The predicted molar refractivity (Wildman–Crippen MR) is 66.8 cm³/mol. The quantitative estimate of drug-likeness (QED) is 0.906. The molecule has 6 nitrogen and oxygen atoms in total. The second kappa shape index (κ2) is 5.60. The lowest BCUT2D eigenvalue weighted by molar-refractivity contribution is 0.0686. The van der Waals surface area contributed by atoms with E-state index in [0.29, 0.717) is 22.6 Å². The number of benzene rings is 1. The maximum Gasteiger partial charge on any atom is 0.358 e. The molecule has 1 N–H and O–H groups in total. The first kappa shape index (κ1) is 13.9. The Morgan fingerprint density at radius 3 is 2.50 bits per heavy atom. The number of nitrogens with zero attached hydrogens (tertiary/aromatic N) is 1. The maximum absolute atomic E-state index is 13.0. The van der Waals surface area contributed by atoms with Crippen LogP contribution in [0, 0.1) is 0 Å². The zero-order valence-corrected chi connectivity index (χ0v) is 10.8. The highest BCUT2D eigenvalue weighted by molar-refractivity contribution is 5.86. The molecule has 2 aromatic rings. The number of hydrogen-bond donors (Lipinski definition) is 1. The molecule has 0 aliphatic rings. The van der Waals surface area contributed by atoms with Crippen molar-refractivity contribution in [2.75, 3.05) is 14.2 Å². The lowest BCUT2D eigenvalue weighted by atomic mass is 10.1. The third-order valence-corrected chi connectivity index (χ3v) is 2.74. The van der Waals surface area contributed by atoms with Gasteiger partial charge in [-0.3, -0.25) is 0 Å². The highest BCUT2D eigenvalue weighted by atomic mass is 19.1. The summed E-state index contributed by atoms with van der Waals surface area (Å²) in [6.45, 7) is -0.736. The van der Waals surface area contributed by atoms with Crippen LogP contribution < -0.4 is 9.47 Å². The van der Waals surface area contributed by atoms with Gasteiger partial charge in [-0.25, -0.2) is 9.18 Å². The van der Waals surface area contributed by atoms with Gasteiger partial charge in [0.1, 0.15) is 18.2 Å². The number of rotatable bonds is 5. The summed E-state index contributed by atoms with van der Waals surface area (Å²) in [7, 11) is 2.85. The highest BCUT2D eigenvalue weighted by Gasteiger charge is 2.18. The summed E-state index contributed by atoms with van der Waals surface area (Å²) in [6.07, 6.45) is 0. The van der Waals surface area contributed by atoms with Gasteiger partial charge in [-0.2, -0.15) is 0 Å². The van der Waals surface area contributed by atoms with Crippen molar-refractivity contribution < 1.29 is 28.3 Å². The molecule has 0 saturated carbocycles. The van der Waals surface area contributed by atoms with E-state index in [-0.39, 0.29) is 11.5 Å². The Morgan fingerprint density at radius 2 is 2.00 bits per heavy atom. The van der Waals surface area contributed by atoms with Gasteiger partial charge in [0, 0.05) is 17.7 Å². The lowest BCUT2D eigenvalue weighted by Crippen LogP contribution is -1.95. The Bertz CT molecular complexity index is 638. The van der Waals surface area contributed by atoms with Crippen LogP contribution in [0.5, 0.6) is 11.5 Å². The molecule has 0 spiro atoms. The standard InChI is InChI=1S/C13H12FNO5/c1-18-10-5-11(19-2)8(3-7(10)6-14)12-4-9(13(16)17)15-20-12/h3-5H,6H2,1-2H3,(H,16,17). The molecule has 20 heavy (non-hydrogen) atoms. The van der Waals surface area contributed by atoms with Crippen molar-refractivity contribution in [3.63, 3.8) is 0 Å². The molecule has 0 amide bonds. The van der Waals surface area contributed by atoms with Gasteiger partial charge in [0.15, 0.2) is 11.5 Å². The second-order valence-corrected chi connectivity index (χ2v) is 3.88. The smallest absolute Gasteiger partial charge is 0.358 e. The minimum Gasteiger partial charge on any atom is -0.496 e. The van der Waals surface area contributed by atoms with E-state index >= 15 is 0 Å². The van der Waals surface area contributed by atoms with Crippen molar-refractivity contribution in [1.82, 2.24) is 5.16 Å². The molecular formula is C13H12FNO5. The van der Waals surface area contributed by atoms with Gasteiger partial charge in [-0.1, -0.05) is 5.16 Å². The van der Waals surface area contributed by atoms with Gasteiger partial charge in [0.25, 0.3) is 0 Å². The van der Waals surface area contributed by atoms with Crippen LogP contribution in [0.2, 0.25) is 0 Å². The topological polar surface area (TPSA) is 81.8 Å². The first-order valence-corrected chi connectivity index (χ1v) is 5.62. The molecule has 0 saturated heterocycles. The SMILES string of the molecule is COc1cc(OC)c(-c2cc(C(=O)O)no2)cc1CF. The number of aromatic nitrogens is 1. The molecular weight excluding hydrogens is 269 g/mol. The van der Waals surface area contributed by atoms with E-state index in [1.807, 2.05) is 0 Å². The fourth-order valence-corrected chi connectivity index (χ4v) is 1.76. The Morgan fingerprint density at radius 1 is 1.30 bits per heavy atom. The molecule has 0 fully saturated rings. The number of hydrogen-bond acceptors (Lipinski definition) is 5. The van der Waals surface area contributed by atoms with Crippen LogP contribution in [0.4, 0.5) is 4.39 Å². The van der Waals surface area contributed by atoms with Crippen LogP contribution in [0.15, 0.2) is 22.7 Å². The Hall–Kier alpha value is -2.57. The van der Waals surface area contributed by atoms with E-state index in [0.717, 1.165) is 0 Å². The van der Waals surface area contributed by atoms with Crippen molar-refractivity contribution in [2.24, 2.45) is 0 Å². The van der Waals surface area contributed by atoms with Crippen molar-refractivity contribution in [3.8, 4) is 22.8 Å². The summed E-state index contributed by atoms with van der Waals surface area (Å²) >= 11 is 0. The zero-order chi connectivity index (χ0) is 14.7. The third kappa shape index (κ3) is 2.42. The summed E-state index contributed by atoms with van der Waals surface area (Å²) in [4.78, 5) is 10.8. The fraction of sp³-hybridized carbons (Fsp3) is 0.231. The van der Waals surface area contributed by atoms with Gasteiger partial charge in [0.2, 0.25) is 0 Å². The minimum atomic E-state index is -1.21. The molecule has 7 heteroatoms. The molecule has 0 aliphatic heterocycles. The molecule has 0 unspecified atom stereocenters. The van der Waals surface area contributed by atoms with Crippen LogP contribution in [0.25, 0.3) is 11.3 Å². The van der Waals surface area contributed by atoms with Crippen LogP contribution in [0.1, 0.15) is 16.1 Å². The monoisotopic (exact) mass is 281 g/mol. The average molecular weight is 281 g/mol. The Labute approximate surface area is 113 Å². The van der Waals surface area contributed by atoms with Gasteiger partial charge in [0.05, 0.1) is 19.8 Å². The van der Waals surface area contributed by atoms with Crippen molar-refractivity contribution >= 4 is 5.97 Å². The minimum absolute atomic E-state index is 0.177. The van der Waals surface area contributed by atoms with E-state index in [4.69, 9.17) is 19.1 Å². The molecule has 1 heterocycles. The Kier molecular flexibility index (Phi) is 3.88. The van der Waals surface area contributed by atoms with Crippen LogP contribution in [0.3, 0.4) is 0 Å². The molecule has 0 radical (unpaired) electrons. The molecule has 2 rings (SSSR count). The first-order valence-electron chi connectivity index (χ1n) is 5.62. The number of alkyl halides is 1. The maximum atomic E-state index is 13.0. The Balaban J connectivity index is 2.56. The number of carboxylic acids is 1. The largest absolute Gasteiger partial charge is 0.496 e. The van der Waals surface area contributed by atoms with Gasteiger partial charge < -0.3 is 19.1 Å². The molecule has 106 valence electrons. The molecule has 1 aromatic heterocycles. The second-order valence-electron chi connectivity index (χ2n) is 3.88. The van der Waals surface area contributed by atoms with Crippen molar-refractivity contribution in [3.05, 3.63) is 29.5 Å². The molecule has 0 atom stereocenters. The highest BCUT2D eigenvalue weighted by Crippen LogP contribution is 2.36. The van der Waals surface area contributed by atoms with Crippen LogP contribution in [-0.4, -0.2) is 30.5 Å². The van der Waals surface area contributed by atoms with Gasteiger partial charge >= 0.3 is 5.97 Å². The van der Waals surface area contributed by atoms with Crippen LogP contribution in [-0.2, 0) is 6.67 Å². The first-order chi connectivity index (χ1) is 9.60. The fourth-order valence-electron chi connectivity index (χ4n) is 1.76. The summed E-state index contributed by atoms with van der Waals surface area (Å²) in [6, 6.07) is 4.23. The van der Waals surface area contributed by atoms with Crippen molar-refractivity contribution in [1.29, 1.82) is 0 Å². The number of methoxy groups -OCH3 is 2. The van der Waals surface area contributed by atoms with Crippen molar-refractivity contribution in [2.45, 2.75) is 6.67 Å². The number of ether oxygens (including phenoxy) is 2. The number of carboxylic acid groups (broad SMARTS) is 1. The van der Waals surface area contributed by atoms with Crippen LogP contribution >= 0.6 is 0 Å². The van der Waals surface area contributed by atoms with E-state index < -0.39 is 12.6 Å². The lowest BCUT2D eigenvalue weighted by Gasteiger charge is -2.11. The summed E-state index contributed by atoms with van der Waals surface area (Å²) in [5.74, 6) is -0.326. The zero-order valence-electron chi connectivity index (χ0n) is 10.8. The van der Waals surface area contributed by atoms with Gasteiger partial charge in [-0.15, -0.1) is 0 Å². The van der Waals surface area contributed by atoms with E-state index in [1.165, 1.54) is 32.4 Å². The normalized spacial score (nSPS) is 10.3. The third-order valence-electron chi connectivity index (χ3n) is 2.74. The number of carbonyl (C=O) groups is 1. The predicted octanol–water partition coefficient (Wildman–Crippen LogP) is 2.53.